The van der Waals surface area contributed by atoms with Gasteiger partial charge in [-0.1, -0.05) is 23.7 Å². The molecule has 0 radical (unpaired) electrons. The Bertz CT molecular complexity index is 1270. The summed E-state index contributed by atoms with van der Waals surface area (Å²) < 4.78 is 15.6. The minimum atomic E-state index is -0.475. The average Bonchev–Trinajstić information content (AvgIpc) is 3.47. The number of morpholine rings is 1. The van der Waals surface area contributed by atoms with Gasteiger partial charge in [0.15, 0.2) is 5.76 Å². The van der Waals surface area contributed by atoms with Crippen molar-refractivity contribution in [3.8, 4) is 17.0 Å². The third-order valence-electron chi connectivity index (χ3n) is 5.91. The zero-order valence-corrected chi connectivity index (χ0v) is 19.0. The van der Waals surface area contributed by atoms with Crippen molar-refractivity contribution in [2.45, 2.75) is 6.10 Å². The molecule has 1 saturated heterocycles. The number of aliphatic hydroxyl groups excluding tert-OH is 2. The lowest BCUT2D eigenvalue weighted by Crippen LogP contribution is -2.44. The Kier molecular flexibility index (Phi) is 5.91. The summed E-state index contributed by atoms with van der Waals surface area (Å²) >= 11 is 6.55. The standard InChI is InChI=1S/C24H22ClN3O6/c1-32-21-10-20(34-27-21)23(30)22-17-8-16(18(25)9-19(17)26-24(22)31)13-2-4-14(5-3-13)28-6-7-33-15(11-28)12-29/h2-5,8-10,15,29-30H,6-7,11-12H2,1H3,(H,26,31)/b23-22+. The van der Waals surface area contributed by atoms with Crippen molar-refractivity contribution in [1.29, 1.82) is 0 Å². The normalized spacial score (nSPS) is 19.1. The van der Waals surface area contributed by atoms with Crippen LogP contribution in [0.25, 0.3) is 22.5 Å². The third-order valence-corrected chi connectivity index (χ3v) is 6.22. The highest BCUT2D eigenvalue weighted by molar-refractivity contribution is 6.38. The van der Waals surface area contributed by atoms with Crippen LogP contribution in [0.2, 0.25) is 5.02 Å². The van der Waals surface area contributed by atoms with Gasteiger partial charge in [-0.25, -0.2) is 0 Å². The maximum absolute atomic E-state index is 12.7. The van der Waals surface area contributed by atoms with Gasteiger partial charge in [0, 0.05) is 29.9 Å². The summed E-state index contributed by atoms with van der Waals surface area (Å²) in [6.45, 7) is 1.89. The van der Waals surface area contributed by atoms with E-state index in [1.54, 1.807) is 12.1 Å². The van der Waals surface area contributed by atoms with Gasteiger partial charge in [-0.05, 0) is 35.0 Å². The number of methoxy groups -OCH3 is 1. The molecule has 34 heavy (non-hydrogen) atoms. The number of halogens is 1. The van der Waals surface area contributed by atoms with Crippen molar-refractivity contribution in [3.63, 3.8) is 0 Å². The first-order valence-electron chi connectivity index (χ1n) is 10.7. The average molecular weight is 484 g/mol. The minimum Gasteiger partial charge on any atom is -0.504 e. The Balaban J connectivity index is 1.49. The number of aromatic nitrogens is 1. The number of nitrogens with zero attached hydrogens (tertiary/aromatic N) is 2. The number of amides is 1. The maximum Gasteiger partial charge on any atom is 0.260 e. The lowest BCUT2D eigenvalue weighted by molar-refractivity contribution is -0.110. The number of nitrogens with one attached hydrogen (secondary N) is 1. The molecule has 1 atom stereocenters. The van der Waals surface area contributed by atoms with Crippen molar-refractivity contribution in [2.24, 2.45) is 0 Å². The molecule has 3 aromatic rings. The van der Waals surface area contributed by atoms with E-state index in [1.165, 1.54) is 13.2 Å². The molecule has 1 fully saturated rings. The minimum absolute atomic E-state index is 0.0161. The molecular formula is C24H22ClN3O6. The van der Waals surface area contributed by atoms with Crippen LogP contribution in [0.4, 0.5) is 11.4 Å². The predicted octanol–water partition coefficient (Wildman–Crippen LogP) is 3.58. The first kappa shape index (κ1) is 22.3. The third kappa shape index (κ3) is 3.98. The largest absolute Gasteiger partial charge is 0.504 e. The van der Waals surface area contributed by atoms with Crippen LogP contribution >= 0.6 is 11.6 Å². The molecule has 2 aliphatic rings. The van der Waals surface area contributed by atoms with E-state index in [1.807, 2.05) is 24.3 Å². The number of hydrogen-bond acceptors (Lipinski definition) is 8. The van der Waals surface area contributed by atoms with E-state index in [4.69, 9.17) is 25.6 Å². The number of hydrogen-bond donors (Lipinski definition) is 3. The van der Waals surface area contributed by atoms with Crippen LogP contribution in [0, 0.1) is 0 Å². The summed E-state index contributed by atoms with van der Waals surface area (Å²) in [5, 5.41) is 27.0. The number of aliphatic hydroxyl groups is 2. The van der Waals surface area contributed by atoms with Crippen LogP contribution < -0.4 is 15.0 Å². The molecule has 0 bridgehead atoms. The molecule has 1 aromatic heterocycles. The van der Waals surface area contributed by atoms with Gasteiger partial charge in [0.1, 0.15) is 0 Å². The molecule has 1 unspecified atom stereocenters. The molecule has 176 valence electrons. The molecule has 1 amide bonds. The van der Waals surface area contributed by atoms with Crippen molar-refractivity contribution < 1.29 is 29.0 Å². The molecule has 0 spiro atoms. The van der Waals surface area contributed by atoms with E-state index >= 15 is 0 Å². The first-order valence-corrected chi connectivity index (χ1v) is 11.0. The van der Waals surface area contributed by atoms with Gasteiger partial charge in [-0.15, -0.1) is 0 Å². The summed E-state index contributed by atoms with van der Waals surface area (Å²) in [5.74, 6) is -0.621. The SMILES string of the molecule is COc1cc(/C(O)=C2\C(=O)Nc3cc(Cl)c(-c4ccc(N5CCOC(CO)C5)cc4)cc32)on1. The summed E-state index contributed by atoms with van der Waals surface area (Å²) in [4.78, 5) is 14.8. The van der Waals surface area contributed by atoms with Gasteiger partial charge < -0.3 is 34.4 Å². The fraction of sp³-hybridized carbons (Fsp3) is 0.250. The van der Waals surface area contributed by atoms with E-state index in [-0.39, 0.29) is 35.7 Å². The molecule has 5 rings (SSSR count). The number of fused-ring (bicyclic) bond motifs is 1. The Morgan fingerprint density at radius 2 is 2.06 bits per heavy atom. The van der Waals surface area contributed by atoms with E-state index in [2.05, 4.69) is 15.4 Å². The van der Waals surface area contributed by atoms with Crippen molar-refractivity contribution in [1.82, 2.24) is 5.16 Å². The quantitative estimate of drug-likeness (QED) is 0.372. The van der Waals surface area contributed by atoms with E-state index in [0.717, 1.165) is 17.8 Å². The van der Waals surface area contributed by atoms with Crippen LogP contribution in [0.15, 0.2) is 47.0 Å². The second kappa shape index (κ2) is 9.02. The maximum atomic E-state index is 12.7. The molecule has 3 heterocycles. The van der Waals surface area contributed by atoms with Crippen molar-refractivity contribution in [2.75, 3.05) is 43.6 Å². The molecule has 0 saturated carbocycles. The number of carbonyl (C=O) groups is 1. The van der Waals surface area contributed by atoms with Crippen LogP contribution in [-0.4, -0.2) is 60.8 Å². The number of rotatable bonds is 5. The Hall–Kier alpha value is -3.53. The molecule has 9 nitrogen and oxygen atoms in total. The van der Waals surface area contributed by atoms with Gasteiger partial charge in [-0.2, -0.15) is 0 Å². The highest BCUT2D eigenvalue weighted by Gasteiger charge is 2.31. The second-order valence-corrected chi connectivity index (χ2v) is 8.36. The van der Waals surface area contributed by atoms with Crippen LogP contribution in [0.1, 0.15) is 11.3 Å². The van der Waals surface area contributed by atoms with Crippen molar-refractivity contribution in [3.05, 3.63) is 58.8 Å². The highest BCUT2D eigenvalue weighted by Crippen LogP contribution is 2.42. The van der Waals surface area contributed by atoms with E-state index < -0.39 is 5.91 Å². The lowest BCUT2D eigenvalue weighted by atomic mass is 9.98. The van der Waals surface area contributed by atoms with Gasteiger partial charge in [0.25, 0.3) is 11.8 Å². The van der Waals surface area contributed by atoms with Crippen LogP contribution in [-0.2, 0) is 9.53 Å². The Morgan fingerprint density at radius 3 is 2.76 bits per heavy atom. The van der Waals surface area contributed by atoms with E-state index in [0.29, 0.717) is 35.0 Å². The van der Waals surface area contributed by atoms with Gasteiger partial charge in [0.2, 0.25) is 5.76 Å². The number of anilines is 2. The van der Waals surface area contributed by atoms with Gasteiger partial charge in [-0.3, -0.25) is 4.79 Å². The van der Waals surface area contributed by atoms with Crippen LogP contribution in [0.3, 0.4) is 0 Å². The smallest absolute Gasteiger partial charge is 0.260 e. The Morgan fingerprint density at radius 1 is 1.26 bits per heavy atom. The van der Waals surface area contributed by atoms with E-state index in [9.17, 15) is 15.0 Å². The van der Waals surface area contributed by atoms with Crippen molar-refractivity contribution >= 4 is 40.2 Å². The predicted molar refractivity (Wildman–Crippen MR) is 127 cm³/mol. The Labute approximate surface area is 200 Å². The molecule has 3 N–H and O–H groups in total. The van der Waals surface area contributed by atoms with Gasteiger partial charge >= 0.3 is 0 Å². The fourth-order valence-corrected chi connectivity index (χ4v) is 4.43. The first-order chi connectivity index (χ1) is 16.5. The lowest BCUT2D eigenvalue weighted by Gasteiger charge is -2.33. The van der Waals surface area contributed by atoms with Gasteiger partial charge in [0.05, 0.1) is 48.8 Å². The summed E-state index contributed by atoms with van der Waals surface area (Å²) in [7, 11) is 1.42. The monoisotopic (exact) mass is 483 g/mol. The second-order valence-electron chi connectivity index (χ2n) is 7.96. The number of benzene rings is 2. The zero-order valence-electron chi connectivity index (χ0n) is 18.2. The summed E-state index contributed by atoms with van der Waals surface area (Å²) in [6.07, 6.45) is -0.202. The molecule has 0 aliphatic carbocycles. The fourth-order valence-electron chi connectivity index (χ4n) is 4.15. The molecule has 2 aliphatic heterocycles. The summed E-state index contributed by atoms with van der Waals surface area (Å²) in [5.41, 5.74) is 3.62. The number of ether oxygens (including phenoxy) is 2. The summed E-state index contributed by atoms with van der Waals surface area (Å²) in [6, 6.07) is 12.7. The zero-order chi connectivity index (χ0) is 23.8. The highest BCUT2D eigenvalue weighted by atomic mass is 35.5. The number of carbonyl (C=O) groups excluding carboxylic acids is 1. The molecule has 2 aromatic carbocycles. The topological polar surface area (TPSA) is 117 Å². The molecular weight excluding hydrogens is 462 g/mol. The molecule has 10 heteroatoms. The van der Waals surface area contributed by atoms with Crippen LogP contribution in [0.5, 0.6) is 5.88 Å².